The molecule has 0 bridgehead atoms. The zero-order valence-electron chi connectivity index (χ0n) is 8.76. The topological polar surface area (TPSA) is 15.3 Å². The Bertz CT molecular complexity index is 154. The lowest BCUT2D eigenvalue weighted by molar-refractivity contribution is 0.247. The van der Waals surface area contributed by atoms with Gasteiger partial charge in [-0.15, -0.1) is 0 Å². The van der Waals surface area contributed by atoms with Crippen molar-refractivity contribution >= 4 is 0 Å². The molecule has 0 spiro atoms. The molecule has 0 amide bonds. The summed E-state index contributed by atoms with van der Waals surface area (Å²) in [4.78, 5) is 2.66. The van der Waals surface area contributed by atoms with Crippen molar-refractivity contribution in [3.63, 3.8) is 0 Å². The van der Waals surface area contributed by atoms with E-state index in [9.17, 15) is 0 Å². The van der Waals surface area contributed by atoms with Crippen LogP contribution >= 0.6 is 0 Å². The van der Waals surface area contributed by atoms with Crippen LogP contribution in [0.5, 0.6) is 0 Å². The summed E-state index contributed by atoms with van der Waals surface area (Å²) in [6, 6.07) is 1.73. The molecular formula is C11H22N2. The third-order valence-electron chi connectivity index (χ3n) is 3.23. The average Bonchev–Trinajstić information content (AvgIpc) is 2.86. The van der Waals surface area contributed by atoms with E-state index in [1.165, 1.54) is 51.7 Å². The summed E-state index contributed by atoms with van der Waals surface area (Å²) in [6.45, 7) is 6.16. The van der Waals surface area contributed by atoms with Crippen molar-refractivity contribution in [2.24, 2.45) is 0 Å². The molecular weight excluding hydrogens is 160 g/mol. The molecule has 2 heteroatoms. The molecule has 0 radical (unpaired) electrons. The molecule has 1 atom stereocenters. The molecule has 1 saturated carbocycles. The van der Waals surface area contributed by atoms with E-state index in [1.54, 1.807) is 0 Å². The van der Waals surface area contributed by atoms with Crippen LogP contribution in [0.2, 0.25) is 0 Å². The van der Waals surface area contributed by atoms with Crippen molar-refractivity contribution in [1.29, 1.82) is 0 Å². The molecule has 1 aliphatic carbocycles. The lowest BCUT2D eigenvalue weighted by Gasteiger charge is -2.24. The predicted molar refractivity (Wildman–Crippen MR) is 55.9 cm³/mol. The summed E-state index contributed by atoms with van der Waals surface area (Å²) in [6.07, 6.45) is 6.97. The molecule has 1 unspecified atom stereocenters. The molecule has 2 nitrogen and oxygen atoms in total. The van der Waals surface area contributed by atoms with E-state index in [1.807, 2.05) is 0 Å². The van der Waals surface area contributed by atoms with Crippen LogP contribution in [0.25, 0.3) is 0 Å². The second-order valence-electron chi connectivity index (χ2n) is 4.51. The monoisotopic (exact) mass is 182 g/mol. The highest BCUT2D eigenvalue weighted by Gasteiger charge is 2.26. The second-order valence-corrected chi connectivity index (χ2v) is 4.51. The Morgan fingerprint density at radius 2 is 2.15 bits per heavy atom. The van der Waals surface area contributed by atoms with Crippen molar-refractivity contribution < 1.29 is 0 Å². The standard InChI is InChI=1S/C11H22N2/c1-2-7-13-8-3-4-11(13)9-12-10-5-6-10/h10-12H,2-9H2,1H3. The van der Waals surface area contributed by atoms with E-state index in [2.05, 4.69) is 17.1 Å². The summed E-state index contributed by atoms with van der Waals surface area (Å²) in [7, 11) is 0. The van der Waals surface area contributed by atoms with Crippen LogP contribution in [0.15, 0.2) is 0 Å². The number of nitrogens with one attached hydrogen (secondary N) is 1. The maximum Gasteiger partial charge on any atom is 0.0221 e. The molecule has 0 aromatic rings. The van der Waals surface area contributed by atoms with Gasteiger partial charge in [0.1, 0.15) is 0 Å². The van der Waals surface area contributed by atoms with E-state index in [0.29, 0.717) is 0 Å². The number of nitrogens with zero attached hydrogens (tertiary/aromatic N) is 1. The zero-order chi connectivity index (χ0) is 9.10. The molecule has 76 valence electrons. The highest BCUT2D eigenvalue weighted by molar-refractivity contribution is 4.86. The van der Waals surface area contributed by atoms with Gasteiger partial charge < -0.3 is 5.32 Å². The largest absolute Gasteiger partial charge is 0.312 e. The summed E-state index contributed by atoms with van der Waals surface area (Å²) in [5.74, 6) is 0. The lowest BCUT2D eigenvalue weighted by Crippen LogP contribution is -2.38. The fraction of sp³-hybridized carbons (Fsp3) is 1.00. The van der Waals surface area contributed by atoms with Crippen LogP contribution in [0.1, 0.15) is 39.0 Å². The number of likely N-dealkylation sites (tertiary alicyclic amines) is 1. The number of rotatable bonds is 5. The van der Waals surface area contributed by atoms with Crippen molar-refractivity contribution in [1.82, 2.24) is 10.2 Å². The maximum atomic E-state index is 3.65. The molecule has 0 aromatic carbocycles. The van der Waals surface area contributed by atoms with Crippen LogP contribution in [0, 0.1) is 0 Å². The zero-order valence-corrected chi connectivity index (χ0v) is 8.76. The van der Waals surface area contributed by atoms with Crippen molar-refractivity contribution in [2.45, 2.75) is 51.1 Å². The van der Waals surface area contributed by atoms with Gasteiger partial charge in [-0.2, -0.15) is 0 Å². The minimum atomic E-state index is 0.848. The second kappa shape index (κ2) is 4.43. The fourth-order valence-corrected chi connectivity index (χ4v) is 2.30. The first-order valence-corrected chi connectivity index (χ1v) is 5.87. The Balaban J connectivity index is 1.68. The Hall–Kier alpha value is -0.0800. The van der Waals surface area contributed by atoms with Gasteiger partial charge in [-0.3, -0.25) is 4.90 Å². The summed E-state index contributed by atoms with van der Waals surface area (Å²) in [5.41, 5.74) is 0. The van der Waals surface area contributed by atoms with Gasteiger partial charge in [-0.1, -0.05) is 6.92 Å². The first-order valence-electron chi connectivity index (χ1n) is 5.87. The Morgan fingerprint density at radius 1 is 1.31 bits per heavy atom. The molecule has 1 saturated heterocycles. The van der Waals surface area contributed by atoms with E-state index in [4.69, 9.17) is 0 Å². The highest BCUT2D eigenvalue weighted by atomic mass is 15.2. The highest BCUT2D eigenvalue weighted by Crippen LogP contribution is 2.21. The molecule has 2 fully saturated rings. The quantitative estimate of drug-likeness (QED) is 0.695. The normalized spacial score (nSPS) is 29.8. The van der Waals surface area contributed by atoms with Crippen LogP contribution in [-0.4, -0.2) is 36.6 Å². The minimum Gasteiger partial charge on any atom is -0.312 e. The van der Waals surface area contributed by atoms with E-state index >= 15 is 0 Å². The third-order valence-corrected chi connectivity index (χ3v) is 3.23. The maximum absolute atomic E-state index is 3.65. The molecule has 1 N–H and O–H groups in total. The van der Waals surface area contributed by atoms with Crippen molar-refractivity contribution in [3.05, 3.63) is 0 Å². The van der Waals surface area contributed by atoms with Gasteiger partial charge >= 0.3 is 0 Å². The van der Waals surface area contributed by atoms with Gasteiger partial charge in [-0.05, 0) is 45.2 Å². The van der Waals surface area contributed by atoms with Crippen LogP contribution in [0.4, 0.5) is 0 Å². The minimum absolute atomic E-state index is 0.848. The average molecular weight is 182 g/mol. The van der Waals surface area contributed by atoms with E-state index < -0.39 is 0 Å². The van der Waals surface area contributed by atoms with Crippen LogP contribution < -0.4 is 5.32 Å². The van der Waals surface area contributed by atoms with Gasteiger partial charge in [0.05, 0.1) is 0 Å². The number of hydrogen-bond donors (Lipinski definition) is 1. The van der Waals surface area contributed by atoms with Crippen molar-refractivity contribution in [2.75, 3.05) is 19.6 Å². The SMILES string of the molecule is CCCN1CCCC1CNC1CC1. The van der Waals surface area contributed by atoms with Crippen molar-refractivity contribution in [3.8, 4) is 0 Å². The van der Waals surface area contributed by atoms with E-state index in [-0.39, 0.29) is 0 Å². The van der Waals surface area contributed by atoms with Gasteiger partial charge in [0.25, 0.3) is 0 Å². The lowest BCUT2D eigenvalue weighted by atomic mass is 10.2. The van der Waals surface area contributed by atoms with Gasteiger partial charge in [0.2, 0.25) is 0 Å². The first-order chi connectivity index (χ1) is 6.40. The van der Waals surface area contributed by atoms with Gasteiger partial charge in [-0.25, -0.2) is 0 Å². The summed E-state index contributed by atoms with van der Waals surface area (Å²) >= 11 is 0. The predicted octanol–water partition coefficient (Wildman–Crippen LogP) is 1.61. The van der Waals surface area contributed by atoms with Gasteiger partial charge in [0.15, 0.2) is 0 Å². The molecule has 0 aromatic heterocycles. The van der Waals surface area contributed by atoms with E-state index in [0.717, 1.165) is 12.1 Å². The smallest absolute Gasteiger partial charge is 0.0221 e. The molecule has 13 heavy (non-hydrogen) atoms. The van der Waals surface area contributed by atoms with Crippen LogP contribution in [0.3, 0.4) is 0 Å². The molecule has 1 heterocycles. The Morgan fingerprint density at radius 3 is 2.85 bits per heavy atom. The first kappa shape index (κ1) is 9.47. The molecule has 2 aliphatic rings. The number of hydrogen-bond acceptors (Lipinski definition) is 2. The molecule has 1 aliphatic heterocycles. The summed E-state index contributed by atoms with van der Waals surface area (Å²) < 4.78 is 0. The Kier molecular flexibility index (Phi) is 3.23. The molecule has 2 rings (SSSR count). The summed E-state index contributed by atoms with van der Waals surface area (Å²) in [5, 5.41) is 3.65. The van der Waals surface area contributed by atoms with Gasteiger partial charge in [0, 0.05) is 18.6 Å². The fourth-order valence-electron chi connectivity index (χ4n) is 2.30. The third kappa shape index (κ3) is 2.68. The Labute approximate surface area is 81.7 Å². The van der Waals surface area contributed by atoms with Crippen LogP contribution in [-0.2, 0) is 0 Å².